The number of hydrogen-bond donors (Lipinski definition) is 1. The van der Waals surface area contributed by atoms with Gasteiger partial charge in [0.25, 0.3) is 0 Å². The second-order valence-corrected chi connectivity index (χ2v) is 3.90. The van der Waals surface area contributed by atoms with Gasteiger partial charge < -0.3 is 10.5 Å². The molecule has 4 nitrogen and oxygen atoms in total. The molecule has 0 spiro atoms. The van der Waals surface area contributed by atoms with Crippen molar-refractivity contribution in [2.24, 2.45) is 0 Å². The highest BCUT2D eigenvalue weighted by Gasteiger charge is 2.19. The lowest BCUT2D eigenvalue weighted by Crippen LogP contribution is -2.17. The summed E-state index contributed by atoms with van der Waals surface area (Å²) in [5, 5.41) is 0. The summed E-state index contributed by atoms with van der Waals surface area (Å²) >= 11 is 0. The monoisotopic (exact) mass is 181 g/mol. The van der Waals surface area contributed by atoms with Crippen LogP contribution < -0.4 is 10.5 Å². The molecule has 1 rings (SSSR count). The molecule has 0 saturated heterocycles. The van der Waals surface area contributed by atoms with Gasteiger partial charge in [-0.05, 0) is 0 Å². The van der Waals surface area contributed by atoms with Gasteiger partial charge in [-0.3, -0.25) is 4.98 Å². The molecule has 13 heavy (non-hydrogen) atoms. The zero-order chi connectivity index (χ0) is 10.1. The highest BCUT2D eigenvalue weighted by atomic mass is 16.5. The summed E-state index contributed by atoms with van der Waals surface area (Å²) in [5.41, 5.74) is 6.45. The Balaban J connectivity index is 3.13. The van der Waals surface area contributed by atoms with E-state index in [1.807, 2.05) is 20.8 Å². The number of nitrogens with zero attached hydrogens (tertiary/aromatic N) is 2. The summed E-state index contributed by atoms with van der Waals surface area (Å²) in [5.74, 6) is 0.886. The molecular formula is C9H15N3O. The minimum Gasteiger partial charge on any atom is -0.480 e. The third-order valence-corrected chi connectivity index (χ3v) is 1.70. The molecule has 2 N–H and O–H groups in total. The molecule has 0 fully saturated rings. The van der Waals surface area contributed by atoms with Crippen molar-refractivity contribution in [3.8, 4) is 5.88 Å². The molecule has 0 aliphatic carbocycles. The maximum atomic E-state index is 5.73. The van der Waals surface area contributed by atoms with E-state index in [0.29, 0.717) is 11.7 Å². The Bertz CT molecular complexity index is 304. The van der Waals surface area contributed by atoms with Crippen molar-refractivity contribution in [2.45, 2.75) is 26.2 Å². The number of nitrogens with two attached hydrogens (primary N) is 1. The van der Waals surface area contributed by atoms with Gasteiger partial charge in [0.2, 0.25) is 5.88 Å². The highest BCUT2D eigenvalue weighted by Crippen LogP contribution is 2.25. The van der Waals surface area contributed by atoms with E-state index in [0.717, 1.165) is 5.69 Å². The van der Waals surface area contributed by atoms with Crippen LogP contribution in [0.4, 0.5) is 5.82 Å². The normalized spacial score (nSPS) is 11.4. The Hall–Kier alpha value is -1.32. The van der Waals surface area contributed by atoms with Gasteiger partial charge >= 0.3 is 0 Å². The van der Waals surface area contributed by atoms with Crippen molar-refractivity contribution in [1.82, 2.24) is 9.97 Å². The molecule has 0 atom stereocenters. The Morgan fingerprint density at radius 2 is 2.00 bits per heavy atom. The highest BCUT2D eigenvalue weighted by molar-refractivity contribution is 5.40. The molecule has 0 unspecified atom stereocenters. The zero-order valence-corrected chi connectivity index (χ0v) is 8.46. The smallest absolute Gasteiger partial charge is 0.234 e. The number of aromatic nitrogens is 2. The number of rotatable bonds is 1. The van der Waals surface area contributed by atoms with Gasteiger partial charge in [0.1, 0.15) is 5.82 Å². The van der Waals surface area contributed by atoms with Gasteiger partial charge in [-0.25, -0.2) is 0 Å². The summed E-state index contributed by atoms with van der Waals surface area (Å²) < 4.78 is 4.91. The third kappa shape index (κ3) is 2.08. The van der Waals surface area contributed by atoms with Crippen molar-refractivity contribution >= 4 is 5.82 Å². The number of ether oxygens (including phenoxy) is 1. The fourth-order valence-electron chi connectivity index (χ4n) is 1.06. The summed E-state index contributed by atoms with van der Waals surface area (Å²) in [4.78, 5) is 8.26. The first-order valence-corrected chi connectivity index (χ1v) is 4.12. The fourth-order valence-corrected chi connectivity index (χ4v) is 1.06. The second-order valence-electron chi connectivity index (χ2n) is 3.90. The van der Waals surface area contributed by atoms with Crippen molar-refractivity contribution in [2.75, 3.05) is 12.8 Å². The first-order chi connectivity index (χ1) is 5.95. The Kier molecular flexibility index (Phi) is 2.40. The quantitative estimate of drug-likeness (QED) is 0.710. The molecule has 0 aromatic carbocycles. The Morgan fingerprint density at radius 1 is 1.38 bits per heavy atom. The molecule has 0 radical (unpaired) electrons. The van der Waals surface area contributed by atoms with Crippen LogP contribution in [0.1, 0.15) is 26.5 Å². The Labute approximate surface area is 78.1 Å². The zero-order valence-electron chi connectivity index (χ0n) is 8.46. The van der Waals surface area contributed by atoms with Crippen LogP contribution in [-0.2, 0) is 5.41 Å². The largest absolute Gasteiger partial charge is 0.480 e. The van der Waals surface area contributed by atoms with Crippen LogP contribution in [-0.4, -0.2) is 17.1 Å². The number of methoxy groups -OCH3 is 1. The van der Waals surface area contributed by atoms with Crippen LogP contribution in [0.25, 0.3) is 0 Å². The summed E-state index contributed by atoms with van der Waals surface area (Å²) in [6.45, 7) is 6.12. The molecule has 0 bridgehead atoms. The van der Waals surface area contributed by atoms with Crippen LogP contribution in [0.5, 0.6) is 5.88 Å². The maximum absolute atomic E-state index is 5.73. The van der Waals surface area contributed by atoms with Crippen molar-refractivity contribution in [3.63, 3.8) is 0 Å². The molecule has 1 aromatic heterocycles. The van der Waals surface area contributed by atoms with Gasteiger partial charge in [0, 0.05) is 5.41 Å². The number of nitrogen functional groups attached to an aromatic ring is 1. The lowest BCUT2D eigenvalue weighted by atomic mass is 9.92. The van der Waals surface area contributed by atoms with Crippen molar-refractivity contribution in [1.29, 1.82) is 0 Å². The van der Waals surface area contributed by atoms with E-state index in [9.17, 15) is 0 Å². The predicted molar refractivity (Wildman–Crippen MR) is 51.7 cm³/mol. The van der Waals surface area contributed by atoms with E-state index in [1.165, 1.54) is 0 Å². The summed E-state index contributed by atoms with van der Waals surface area (Å²) in [6.07, 6.45) is 1.58. The molecule has 1 aromatic rings. The second kappa shape index (κ2) is 3.20. The van der Waals surface area contributed by atoms with E-state index in [2.05, 4.69) is 9.97 Å². The average Bonchev–Trinajstić information content (AvgIpc) is 2.01. The van der Waals surface area contributed by atoms with Crippen LogP contribution in [0.2, 0.25) is 0 Å². The van der Waals surface area contributed by atoms with Crippen molar-refractivity contribution in [3.05, 3.63) is 11.9 Å². The summed E-state index contributed by atoms with van der Waals surface area (Å²) in [6, 6.07) is 0. The molecule has 0 saturated carbocycles. The van der Waals surface area contributed by atoms with Crippen LogP contribution in [0.3, 0.4) is 0 Å². The van der Waals surface area contributed by atoms with Gasteiger partial charge in [-0.1, -0.05) is 20.8 Å². The van der Waals surface area contributed by atoms with Crippen LogP contribution >= 0.6 is 0 Å². The molecule has 0 aliphatic heterocycles. The van der Waals surface area contributed by atoms with Crippen LogP contribution in [0.15, 0.2) is 6.20 Å². The van der Waals surface area contributed by atoms with Crippen molar-refractivity contribution < 1.29 is 4.74 Å². The topological polar surface area (TPSA) is 61.0 Å². The van der Waals surface area contributed by atoms with Gasteiger partial charge in [-0.2, -0.15) is 4.98 Å². The predicted octanol–water partition coefficient (Wildman–Crippen LogP) is 1.36. The van der Waals surface area contributed by atoms with Gasteiger partial charge in [0.05, 0.1) is 19.0 Å². The minimum absolute atomic E-state index is 0.0800. The fraction of sp³-hybridized carbons (Fsp3) is 0.556. The third-order valence-electron chi connectivity index (χ3n) is 1.70. The van der Waals surface area contributed by atoms with E-state index < -0.39 is 0 Å². The molecule has 1 heterocycles. The Morgan fingerprint density at radius 3 is 2.38 bits per heavy atom. The van der Waals surface area contributed by atoms with E-state index in [4.69, 9.17) is 10.5 Å². The standard InChI is InChI=1S/C9H15N3O/c1-9(2,3)7-8(10)12-6(13-4)5-11-7/h5H,1-4H3,(H2,10,12). The SMILES string of the molecule is COc1cnc(C(C)(C)C)c(N)n1. The van der Waals surface area contributed by atoms with E-state index in [1.54, 1.807) is 13.3 Å². The molecule has 4 heteroatoms. The van der Waals surface area contributed by atoms with Gasteiger partial charge in [-0.15, -0.1) is 0 Å². The molecular weight excluding hydrogens is 166 g/mol. The van der Waals surface area contributed by atoms with Gasteiger partial charge in [0.15, 0.2) is 0 Å². The number of anilines is 1. The van der Waals surface area contributed by atoms with E-state index in [-0.39, 0.29) is 5.41 Å². The maximum Gasteiger partial charge on any atom is 0.234 e. The first-order valence-electron chi connectivity index (χ1n) is 4.12. The molecule has 0 aliphatic rings. The minimum atomic E-state index is -0.0800. The van der Waals surface area contributed by atoms with Crippen LogP contribution in [0, 0.1) is 0 Å². The number of hydrogen-bond acceptors (Lipinski definition) is 4. The average molecular weight is 181 g/mol. The molecule has 0 amide bonds. The lowest BCUT2D eigenvalue weighted by Gasteiger charge is -2.18. The first kappa shape index (κ1) is 9.77. The van der Waals surface area contributed by atoms with E-state index >= 15 is 0 Å². The summed E-state index contributed by atoms with van der Waals surface area (Å²) in [7, 11) is 1.54. The lowest BCUT2D eigenvalue weighted by molar-refractivity contribution is 0.394. The molecule has 72 valence electrons.